The van der Waals surface area contributed by atoms with Crippen LogP contribution in [0.2, 0.25) is 5.02 Å². The lowest BCUT2D eigenvalue weighted by atomic mass is 10.0. The molecule has 1 aliphatic rings. The van der Waals surface area contributed by atoms with Crippen molar-refractivity contribution in [3.8, 4) is 0 Å². The van der Waals surface area contributed by atoms with Gasteiger partial charge in [0.15, 0.2) is 5.78 Å². The second kappa shape index (κ2) is 9.73. The molecule has 0 bridgehead atoms. The van der Waals surface area contributed by atoms with Crippen LogP contribution in [0.1, 0.15) is 44.6 Å². The van der Waals surface area contributed by atoms with Crippen molar-refractivity contribution in [3.63, 3.8) is 0 Å². The summed E-state index contributed by atoms with van der Waals surface area (Å²) in [4.78, 5) is 42.9. The minimum absolute atomic E-state index is 0.0142. The minimum atomic E-state index is -0.550. The third-order valence-electron chi connectivity index (χ3n) is 5.39. The van der Waals surface area contributed by atoms with Gasteiger partial charge in [0.25, 0.3) is 0 Å². The van der Waals surface area contributed by atoms with E-state index in [0.717, 1.165) is 20.9 Å². The molecule has 0 saturated carbocycles. The van der Waals surface area contributed by atoms with Crippen molar-refractivity contribution in [2.75, 3.05) is 26.2 Å². The number of nitrogens with two attached hydrogens (primary N) is 1. The summed E-state index contributed by atoms with van der Waals surface area (Å²) in [6.07, 6.45) is 0.411. The Hall–Kier alpha value is -2.22. The predicted octanol–water partition coefficient (Wildman–Crippen LogP) is 3.35. The Morgan fingerprint density at radius 3 is 2.23 bits per heavy atom. The van der Waals surface area contributed by atoms with Crippen LogP contribution in [0.25, 0.3) is 0 Å². The molecular weight excluding hydrogens is 422 g/mol. The van der Waals surface area contributed by atoms with Gasteiger partial charge in [0, 0.05) is 59.4 Å². The Balaban J connectivity index is 1.54. The molecule has 0 radical (unpaired) electrons. The minimum Gasteiger partial charge on any atom is -0.368 e. The molecule has 2 amide bonds. The lowest BCUT2D eigenvalue weighted by molar-refractivity contribution is -0.134. The van der Waals surface area contributed by atoms with Crippen LogP contribution in [-0.4, -0.2) is 53.6 Å². The first kappa shape index (κ1) is 22.5. The van der Waals surface area contributed by atoms with E-state index in [9.17, 15) is 14.4 Å². The molecule has 2 aromatic rings. The SMILES string of the molecule is Cc1cc(C(=O)CCC(=O)N2CCN([C@@H](C(N)=O)c3ccc(Cl)cc3)CC2)c(C)s1. The van der Waals surface area contributed by atoms with Gasteiger partial charge < -0.3 is 10.6 Å². The van der Waals surface area contributed by atoms with E-state index in [0.29, 0.717) is 31.2 Å². The molecule has 0 aliphatic carbocycles. The summed E-state index contributed by atoms with van der Waals surface area (Å²) < 4.78 is 0. The number of primary amides is 1. The molecule has 1 aliphatic heterocycles. The van der Waals surface area contributed by atoms with Gasteiger partial charge in [0.1, 0.15) is 6.04 Å². The molecule has 1 aromatic carbocycles. The largest absolute Gasteiger partial charge is 0.368 e. The zero-order chi connectivity index (χ0) is 21.8. The van der Waals surface area contributed by atoms with E-state index in [-0.39, 0.29) is 24.5 Å². The lowest BCUT2D eigenvalue weighted by Gasteiger charge is -2.38. The Labute approximate surface area is 185 Å². The van der Waals surface area contributed by atoms with Crippen LogP contribution in [0, 0.1) is 13.8 Å². The highest BCUT2D eigenvalue weighted by Gasteiger charge is 2.30. The molecule has 160 valence electrons. The first-order valence-electron chi connectivity index (χ1n) is 9.93. The number of carbonyl (C=O) groups excluding carboxylic acids is 3. The molecule has 30 heavy (non-hydrogen) atoms. The summed E-state index contributed by atoms with van der Waals surface area (Å²) in [7, 11) is 0. The fraction of sp³-hybridized carbons (Fsp3) is 0.409. The molecule has 2 heterocycles. The van der Waals surface area contributed by atoms with E-state index in [4.69, 9.17) is 17.3 Å². The van der Waals surface area contributed by atoms with Crippen LogP contribution in [-0.2, 0) is 9.59 Å². The van der Waals surface area contributed by atoms with Crippen LogP contribution in [0.4, 0.5) is 0 Å². The molecule has 3 rings (SSSR count). The number of rotatable bonds is 7. The first-order chi connectivity index (χ1) is 14.3. The van der Waals surface area contributed by atoms with E-state index in [1.54, 1.807) is 40.5 Å². The summed E-state index contributed by atoms with van der Waals surface area (Å²) in [5.74, 6) is -0.445. The lowest BCUT2D eigenvalue weighted by Crippen LogP contribution is -2.51. The van der Waals surface area contributed by atoms with E-state index in [1.807, 2.05) is 24.8 Å². The number of hydrogen-bond acceptors (Lipinski definition) is 5. The van der Waals surface area contributed by atoms with E-state index in [2.05, 4.69) is 0 Å². The van der Waals surface area contributed by atoms with Crippen LogP contribution >= 0.6 is 22.9 Å². The molecule has 1 saturated heterocycles. The normalized spacial score (nSPS) is 15.8. The fourth-order valence-corrected chi connectivity index (χ4v) is 4.92. The highest BCUT2D eigenvalue weighted by atomic mass is 35.5. The van der Waals surface area contributed by atoms with E-state index >= 15 is 0 Å². The Bertz CT molecular complexity index is 934. The smallest absolute Gasteiger partial charge is 0.239 e. The second-order valence-corrected chi connectivity index (χ2v) is 9.42. The van der Waals surface area contributed by atoms with Crippen molar-refractivity contribution >= 4 is 40.5 Å². The van der Waals surface area contributed by atoms with Crippen molar-refractivity contribution in [2.24, 2.45) is 5.73 Å². The Morgan fingerprint density at radius 1 is 1.07 bits per heavy atom. The average molecular weight is 448 g/mol. The number of amides is 2. The monoisotopic (exact) mass is 447 g/mol. The third kappa shape index (κ3) is 5.28. The van der Waals surface area contributed by atoms with Gasteiger partial charge >= 0.3 is 0 Å². The van der Waals surface area contributed by atoms with Crippen molar-refractivity contribution in [3.05, 3.63) is 56.2 Å². The second-order valence-electron chi connectivity index (χ2n) is 7.52. The maximum Gasteiger partial charge on any atom is 0.239 e. The maximum atomic E-state index is 12.6. The van der Waals surface area contributed by atoms with Gasteiger partial charge in [-0.25, -0.2) is 0 Å². The van der Waals surface area contributed by atoms with Gasteiger partial charge in [0.2, 0.25) is 11.8 Å². The number of thiophene rings is 1. The molecule has 6 nitrogen and oxygen atoms in total. The Morgan fingerprint density at radius 2 is 1.70 bits per heavy atom. The van der Waals surface area contributed by atoms with Gasteiger partial charge in [0.05, 0.1) is 0 Å². The highest BCUT2D eigenvalue weighted by Crippen LogP contribution is 2.25. The van der Waals surface area contributed by atoms with Gasteiger partial charge in [-0.15, -0.1) is 11.3 Å². The van der Waals surface area contributed by atoms with Crippen molar-refractivity contribution in [1.29, 1.82) is 0 Å². The molecule has 1 atom stereocenters. The zero-order valence-corrected chi connectivity index (χ0v) is 18.8. The van der Waals surface area contributed by atoms with Gasteiger partial charge in [-0.2, -0.15) is 0 Å². The number of nitrogens with zero attached hydrogens (tertiary/aromatic N) is 2. The molecule has 2 N–H and O–H groups in total. The summed E-state index contributed by atoms with van der Waals surface area (Å²) in [5.41, 5.74) is 7.17. The predicted molar refractivity (Wildman–Crippen MR) is 119 cm³/mol. The number of Topliss-reactive ketones (excluding diaryl/α,β-unsaturated/α-hetero) is 1. The molecule has 1 aromatic heterocycles. The van der Waals surface area contributed by atoms with Gasteiger partial charge in [-0.05, 0) is 37.6 Å². The molecule has 0 unspecified atom stereocenters. The quantitative estimate of drug-likeness (QED) is 0.659. The molecule has 0 spiro atoms. The summed E-state index contributed by atoms with van der Waals surface area (Å²) in [5, 5.41) is 0.597. The topological polar surface area (TPSA) is 83.7 Å². The first-order valence-corrected chi connectivity index (χ1v) is 11.1. The van der Waals surface area contributed by atoms with Crippen LogP contribution < -0.4 is 5.73 Å². The van der Waals surface area contributed by atoms with Crippen LogP contribution in [0.5, 0.6) is 0 Å². The number of ketones is 1. The third-order valence-corrected chi connectivity index (χ3v) is 6.61. The fourth-order valence-electron chi connectivity index (χ4n) is 3.85. The maximum absolute atomic E-state index is 12.6. The summed E-state index contributed by atoms with van der Waals surface area (Å²) in [6, 6.07) is 8.42. The number of piperazine rings is 1. The van der Waals surface area contributed by atoms with E-state index in [1.165, 1.54) is 0 Å². The summed E-state index contributed by atoms with van der Waals surface area (Å²) in [6.45, 7) is 5.99. The van der Waals surface area contributed by atoms with Crippen LogP contribution in [0.3, 0.4) is 0 Å². The number of halogens is 1. The molecule has 8 heteroatoms. The van der Waals surface area contributed by atoms with Crippen molar-refractivity contribution < 1.29 is 14.4 Å². The standard InChI is InChI=1S/C22H26ClN3O3S/c1-14-13-18(15(2)30-14)19(27)7-8-20(28)25-9-11-26(12-10-25)21(22(24)29)16-3-5-17(23)6-4-16/h3-6,13,21H,7-12H2,1-2H3,(H2,24,29)/t21-/m1/s1. The number of benzene rings is 1. The zero-order valence-electron chi connectivity index (χ0n) is 17.2. The van der Waals surface area contributed by atoms with Crippen LogP contribution in [0.15, 0.2) is 30.3 Å². The highest BCUT2D eigenvalue weighted by molar-refractivity contribution is 7.12. The Kier molecular flexibility index (Phi) is 7.28. The molecule has 1 fully saturated rings. The number of carbonyl (C=O) groups is 3. The van der Waals surface area contributed by atoms with E-state index < -0.39 is 11.9 Å². The summed E-state index contributed by atoms with van der Waals surface area (Å²) >= 11 is 7.54. The van der Waals surface area contributed by atoms with Crippen molar-refractivity contribution in [1.82, 2.24) is 9.80 Å². The average Bonchev–Trinajstić information content (AvgIpc) is 3.06. The van der Waals surface area contributed by atoms with Gasteiger partial charge in [-0.1, -0.05) is 23.7 Å². The van der Waals surface area contributed by atoms with Gasteiger partial charge in [-0.3, -0.25) is 19.3 Å². The molecular formula is C22H26ClN3O3S. The number of hydrogen-bond donors (Lipinski definition) is 1. The number of aryl methyl sites for hydroxylation is 2. The van der Waals surface area contributed by atoms with Crippen molar-refractivity contribution in [2.45, 2.75) is 32.7 Å².